The van der Waals surface area contributed by atoms with Crippen LogP contribution in [0, 0.1) is 0 Å². The van der Waals surface area contributed by atoms with E-state index < -0.39 is 17.8 Å². The molecule has 42 heavy (non-hydrogen) atoms. The van der Waals surface area contributed by atoms with E-state index in [1.165, 1.54) is 11.2 Å². The van der Waals surface area contributed by atoms with Crippen molar-refractivity contribution in [3.05, 3.63) is 92.6 Å². The van der Waals surface area contributed by atoms with Crippen LogP contribution in [-0.4, -0.2) is 67.5 Å². The predicted molar refractivity (Wildman–Crippen MR) is 162 cm³/mol. The summed E-state index contributed by atoms with van der Waals surface area (Å²) in [5, 5.41) is 11.1. The lowest BCUT2D eigenvalue weighted by Gasteiger charge is -2.32. The summed E-state index contributed by atoms with van der Waals surface area (Å²) in [6, 6.07) is 13.5. The molecule has 1 saturated heterocycles. The molecule has 12 heteroatoms. The number of nitrogens with zero attached hydrogens (tertiary/aromatic N) is 3. The molecule has 0 unspecified atom stereocenters. The maximum atomic E-state index is 13.6. The van der Waals surface area contributed by atoms with Gasteiger partial charge in [0.1, 0.15) is 0 Å². The van der Waals surface area contributed by atoms with Gasteiger partial charge in [-0.15, -0.1) is 0 Å². The number of halogens is 2. The Kier molecular flexibility index (Phi) is 8.49. The summed E-state index contributed by atoms with van der Waals surface area (Å²) < 4.78 is 5.43. The number of morpholine rings is 1. The zero-order valence-corrected chi connectivity index (χ0v) is 24.1. The number of hydrogen-bond acceptors (Lipinski definition) is 7. The number of fused-ring (bicyclic) bond motifs is 1. The molecule has 1 fully saturated rings. The highest BCUT2D eigenvalue weighted by molar-refractivity contribution is 6.40. The molecule has 0 radical (unpaired) electrons. The molecule has 0 atom stereocenters. The van der Waals surface area contributed by atoms with Crippen LogP contribution < -0.4 is 16.1 Å². The van der Waals surface area contributed by atoms with E-state index >= 15 is 0 Å². The van der Waals surface area contributed by atoms with Crippen molar-refractivity contribution in [2.24, 2.45) is 10.7 Å². The fourth-order valence-electron chi connectivity index (χ4n) is 5.13. The Morgan fingerprint density at radius 2 is 1.81 bits per heavy atom. The molecule has 0 aromatic heterocycles. The maximum Gasteiger partial charge on any atom is 0.337 e. The summed E-state index contributed by atoms with van der Waals surface area (Å²) in [6.07, 6.45) is 2.90. The summed E-state index contributed by atoms with van der Waals surface area (Å²) in [5.74, 6) is -2.11. The number of carbonyl (C=O) groups is 3. The lowest BCUT2D eigenvalue weighted by atomic mass is 9.92. The first-order valence-corrected chi connectivity index (χ1v) is 13.8. The highest BCUT2D eigenvalue weighted by Gasteiger charge is 2.31. The number of allylic oxidation sites excluding steroid dienone is 1. The number of anilines is 1. The number of aromatic carboxylic acids is 1. The number of amides is 2. The van der Waals surface area contributed by atoms with Gasteiger partial charge in [0, 0.05) is 38.1 Å². The minimum absolute atomic E-state index is 0.0335. The summed E-state index contributed by atoms with van der Waals surface area (Å²) in [5.41, 5.74) is 12.6. The van der Waals surface area contributed by atoms with Crippen LogP contribution in [-0.2, 0) is 11.3 Å². The summed E-state index contributed by atoms with van der Waals surface area (Å²) in [6.45, 7) is 2.14. The predicted octanol–water partition coefficient (Wildman–Crippen LogP) is 4.50. The highest BCUT2D eigenvalue weighted by atomic mass is 35.5. The number of carbonyl (C=O) groups excluding carboxylic acids is 2. The van der Waals surface area contributed by atoms with Gasteiger partial charge in [0.15, 0.2) is 0 Å². The van der Waals surface area contributed by atoms with E-state index in [0.717, 1.165) is 0 Å². The van der Waals surface area contributed by atoms with Crippen LogP contribution in [0.1, 0.15) is 42.2 Å². The Balaban J connectivity index is 1.48. The molecule has 216 valence electrons. The van der Waals surface area contributed by atoms with Crippen molar-refractivity contribution in [3.8, 4) is 11.1 Å². The van der Waals surface area contributed by atoms with Gasteiger partial charge in [-0.05, 0) is 46.5 Å². The number of nitrogens with two attached hydrogens (primary N) is 1. The van der Waals surface area contributed by atoms with E-state index in [1.807, 2.05) is 4.90 Å². The van der Waals surface area contributed by atoms with E-state index in [0.29, 0.717) is 65.4 Å². The van der Waals surface area contributed by atoms with E-state index in [2.05, 4.69) is 10.4 Å². The molecule has 2 heterocycles. The van der Waals surface area contributed by atoms with E-state index in [4.69, 9.17) is 33.7 Å². The van der Waals surface area contributed by atoms with Crippen molar-refractivity contribution < 1.29 is 24.2 Å². The molecule has 3 aromatic rings. The quantitative estimate of drug-likeness (QED) is 0.351. The average molecular weight is 608 g/mol. The third-order valence-corrected chi connectivity index (χ3v) is 7.71. The van der Waals surface area contributed by atoms with Crippen LogP contribution in [0.25, 0.3) is 16.7 Å². The van der Waals surface area contributed by atoms with Crippen molar-refractivity contribution in [1.82, 2.24) is 10.4 Å². The first-order chi connectivity index (χ1) is 20.2. The molecule has 0 spiro atoms. The number of aliphatic imine (C=N–C) groups is 1. The molecule has 0 saturated carbocycles. The second-order valence-electron chi connectivity index (χ2n) is 9.63. The minimum atomic E-state index is -1.04. The Morgan fingerprint density at radius 3 is 2.45 bits per heavy atom. The molecule has 3 aromatic carbocycles. The topological polar surface area (TPSA) is 138 Å². The van der Waals surface area contributed by atoms with Crippen LogP contribution in [0.15, 0.2) is 59.7 Å². The summed E-state index contributed by atoms with van der Waals surface area (Å²) in [7, 11) is 1.60. The van der Waals surface area contributed by atoms with Gasteiger partial charge < -0.3 is 20.5 Å². The molecule has 2 amide bonds. The second kappa shape index (κ2) is 12.2. The SMILES string of the molecule is CN=CC(=CN)c1cc(Cl)c(C(=O)N2Cc3cccc(-c4ccc(C(=O)O)c(N5CCOCC5)c4)c3C(=O)N2)c(Cl)c1. The van der Waals surface area contributed by atoms with E-state index in [1.54, 1.807) is 61.8 Å². The standard InChI is InChI=1S/C30H27Cl2N5O5/c1-34-15-20(14-33)19-11-23(31)27(24(32)12-19)29(39)37-16-18-3-2-4-21(26(18)28(38)35-37)17-5-6-22(30(40)41)25(13-17)36-7-9-42-10-8-36/h2-6,11-15H,7-10,16,33H2,1H3,(H,35,38)(H,40,41). The number of hydrogen-bond donors (Lipinski definition) is 3. The van der Waals surface area contributed by atoms with Crippen LogP contribution in [0.5, 0.6) is 0 Å². The fraction of sp³-hybridized carbons (Fsp3) is 0.200. The lowest BCUT2D eigenvalue weighted by molar-refractivity contribution is 0.0540. The zero-order chi connectivity index (χ0) is 30.0. The molecular weight excluding hydrogens is 581 g/mol. The molecule has 0 aliphatic carbocycles. The number of rotatable bonds is 6. The monoisotopic (exact) mass is 607 g/mol. The van der Waals surface area contributed by atoms with Gasteiger partial charge in [0.25, 0.3) is 11.8 Å². The van der Waals surface area contributed by atoms with Gasteiger partial charge >= 0.3 is 5.97 Å². The second-order valence-corrected chi connectivity index (χ2v) is 10.4. The first-order valence-electron chi connectivity index (χ1n) is 13.0. The summed E-state index contributed by atoms with van der Waals surface area (Å²) >= 11 is 13.0. The van der Waals surface area contributed by atoms with E-state index in [-0.39, 0.29) is 27.7 Å². The van der Waals surface area contributed by atoms with Crippen molar-refractivity contribution in [3.63, 3.8) is 0 Å². The third-order valence-electron chi connectivity index (χ3n) is 7.12. The first kappa shape index (κ1) is 29.1. The minimum Gasteiger partial charge on any atom is -0.478 e. The van der Waals surface area contributed by atoms with Crippen molar-refractivity contribution in [2.75, 3.05) is 38.3 Å². The average Bonchev–Trinajstić information content (AvgIpc) is 2.99. The molecule has 2 aliphatic rings. The van der Waals surface area contributed by atoms with Gasteiger partial charge in [-0.2, -0.15) is 0 Å². The number of carboxylic acid groups (broad SMARTS) is 1. The molecular formula is C30H27Cl2N5O5. The summed E-state index contributed by atoms with van der Waals surface area (Å²) in [4.78, 5) is 44.9. The van der Waals surface area contributed by atoms with Crippen LogP contribution in [0.4, 0.5) is 5.69 Å². The van der Waals surface area contributed by atoms with Crippen LogP contribution in [0.2, 0.25) is 10.0 Å². The van der Waals surface area contributed by atoms with E-state index in [9.17, 15) is 19.5 Å². The Morgan fingerprint density at radius 1 is 1.10 bits per heavy atom. The molecule has 0 bridgehead atoms. The normalized spacial score (nSPS) is 15.5. The molecule has 5 rings (SSSR count). The third kappa shape index (κ3) is 5.56. The highest BCUT2D eigenvalue weighted by Crippen LogP contribution is 2.35. The Bertz CT molecular complexity index is 1630. The number of ether oxygens (including phenoxy) is 1. The van der Waals surface area contributed by atoms with Gasteiger partial charge in [-0.25, -0.2) is 9.80 Å². The zero-order valence-electron chi connectivity index (χ0n) is 22.6. The van der Waals surface area contributed by atoms with Gasteiger partial charge in [0.05, 0.1) is 52.2 Å². The van der Waals surface area contributed by atoms with Crippen LogP contribution in [0.3, 0.4) is 0 Å². The van der Waals surface area contributed by atoms with Gasteiger partial charge in [-0.1, -0.05) is 47.5 Å². The molecule has 4 N–H and O–H groups in total. The van der Waals surface area contributed by atoms with Crippen molar-refractivity contribution in [2.45, 2.75) is 6.54 Å². The lowest BCUT2D eigenvalue weighted by Crippen LogP contribution is -2.49. The van der Waals surface area contributed by atoms with Gasteiger partial charge in [0.2, 0.25) is 0 Å². The molecule has 10 nitrogen and oxygen atoms in total. The Labute approximate surface area is 251 Å². The molecule has 2 aliphatic heterocycles. The largest absolute Gasteiger partial charge is 0.478 e. The number of hydrazine groups is 1. The fourth-order valence-corrected chi connectivity index (χ4v) is 5.78. The number of nitrogens with one attached hydrogen (secondary N) is 1. The Hall–Kier alpha value is -4.38. The van der Waals surface area contributed by atoms with Crippen LogP contribution >= 0.6 is 23.2 Å². The van der Waals surface area contributed by atoms with Crippen molar-refractivity contribution in [1.29, 1.82) is 0 Å². The van der Waals surface area contributed by atoms with Crippen molar-refractivity contribution >= 4 is 58.5 Å². The maximum absolute atomic E-state index is 13.6. The number of carboxylic acids is 1. The smallest absolute Gasteiger partial charge is 0.337 e. The van der Waals surface area contributed by atoms with Gasteiger partial charge in [-0.3, -0.25) is 20.0 Å². The number of benzene rings is 3.